The lowest BCUT2D eigenvalue weighted by Gasteiger charge is -2.16. The van der Waals surface area contributed by atoms with Crippen molar-refractivity contribution in [3.63, 3.8) is 0 Å². The van der Waals surface area contributed by atoms with Crippen LogP contribution in [-0.4, -0.2) is 4.98 Å². The van der Waals surface area contributed by atoms with Crippen molar-refractivity contribution in [2.75, 3.05) is 0 Å². The third kappa shape index (κ3) is 3.76. The normalized spacial score (nSPS) is 12.4. The highest BCUT2D eigenvalue weighted by molar-refractivity contribution is 9.10. The van der Waals surface area contributed by atoms with E-state index in [0.29, 0.717) is 6.42 Å². The Morgan fingerprint density at radius 1 is 1.37 bits per heavy atom. The van der Waals surface area contributed by atoms with E-state index in [1.807, 2.05) is 37.3 Å². The Balaban J connectivity index is 2.21. The Morgan fingerprint density at radius 3 is 2.74 bits per heavy atom. The van der Waals surface area contributed by atoms with Crippen molar-refractivity contribution in [3.8, 4) is 0 Å². The van der Waals surface area contributed by atoms with Gasteiger partial charge < -0.3 is 0 Å². The van der Waals surface area contributed by atoms with E-state index in [1.54, 1.807) is 6.20 Å². The molecule has 1 heterocycles. The van der Waals surface area contributed by atoms with Gasteiger partial charge in [-0.15, -0.1) is 0 Å². The van der Waals surface area contributed by atoms with Crippen LogP contribution < -0.4 is 11.3 Å². The smallest absolute Gasteiger partial charge is 0.0672 e. The average molecular weight is 341 g/mol. The molecule has 19 heavy (non-hydrogen) atoms. The fraction of sp³-hybridized carbons (Fsp3) is 0.214. The van der Waals surface area contributed by atoms with E-state index < -0.39 is 0 Å². The number of pyridine rings is 1. The first-order valence-corrected chi connectivity index (χ1v) is 7.10. The molecule has 1 aromatic heterocycles. The maximum atomic E-state index is 6.25. The molecule has 0 radical (unpaired) electrons. The summed E-state index contributed by atoms with van der Waals surface area (Å²) in [5, 5.41) is 0.761. The Bertz CT molecular complexity index is 557. The highest BCUT2D eigenvalue weighted by atomic mass is 79.9. The monoisotopic (exact) mass is 339 g/mol. The second-order valence-electron chi connectivity index (χ2n) is 4.42. The fourth-order valence-corrected chi connectivity index (χ4v) is 2.43. The van der Waals surface area contributed by atoms with Gasteiger partial charge in [0.2, 0.25) is 0 Å². The topological polar surface area (TPSA) is 50.9 Å². The van der Waals surface area contributed by atoms with E-state index >= 15 is 0 Å². The highest BCUT2D eigenvalue weighted by Crippen LogP contribution is 2.24. The molecule has 0 aliphatic carbocycles. The van der Waals surface area contributed by atoms with Gasteiger partial charge in [0.1, 0.15) is 0 Å². The van der Waals surface area contributed by atoms with Crippen LogP contribution in [0.3, 0.4) is 0 Å². The molecular weight excluding hydrogens is 326 g/mol. The first-order chi connectivity index (χ1) is 9.10. The molecule has 1 aromatic carbocycles. The standard InChI is InChI=1S/C14H15BrClN3/c1-9-2-3-10(12(16)6-9)7-14(19-17)13-5-4-11(15)8-18-13/h2-6,8,14,19H,7,17H2,1H3. The molecule has 0 amide bonds. The minimum absolute atomic E-state index is 0.0618. The molecule has 1 atom stereocenters. The average Bonchev–Trinajstić information content (AvgIpc) is 2.39. The largest absolute Gasteiger partial charge is 0.271 e. The lowest BCUT2D eigenvalue weighted by atomic mass is 10.0. The molecule has 0 aliphatic rings. The Kier molecular flexibility index (Phi) is 4.93. The van der Waals surface area contributed by atoms with Gasteiger partial charge in [-0.1, -0.05) is 23.7 Å². The summed E-state index contributed by atoms with van der Waals surface area (Å²) >= 11 is 9.61. The molecule has 0 aliphatic heterocycles. The molecule has 0 saturated heterocycles. The minimum Gasteiger partial charge on any atom is -0.271 e. The second-order valence-corrected chi connectivity index (χ2v) is 5.74. The molecule has 2 rings (SSSR count). The van der Waals surface area contributed by atoms with Gasteiger partial charge in [-0.25, -0.2) is 0 Å². The van der Waals surface area contributed by atoms with Crippen LogP contribution in [0.15, 0.2) is 41.0 Å². The number of hydrazine groups is 1. The molecule has 0 bridgehead atoms. The van der Waals surface area contributed by atoms with E-state index in [9.17, 15) is 0 Å². The zero-order valence-corrected chi connectivity index (χ0v) is 12.9. The van der Waals surface area contributed by atoms with Crippen LogP contribution >= 0.6 is 27.5 Å². The molecule has 5 heteroatoms. The summed E-state index contributed by atoms with van der Waals surface area (Å²) in [4.78, 5) is 4.36. The molecule has 3 N–H and O–H groups in total. The van der Waals surface area contributed by atoms with Crippen molar-refractivity contribution in [2.45, 2.75) is 19.4 Å². The van der Waals surface area contributed by atoms with Crippen molar-refractivity contribution in [1.82, 2.24) is 10.4 Å². The zero-order valence-electron chi connectivity index (χ0n) is 10.5. The van der Waals surface area contributed by atoms with Crippen LogP contribution in [0.1, 0.15) is 22.9 Å². The maximum Gasteiger partial charge on any atom is 0.0672 e. The fourth-order valence-electron chi connectivity index (χ4n) is 1.88. The van der Waals surface area contributed by atoms with Gasteiger partial charge in [-0.05, 0) is 58.6 Å². The minimum atomic E-state index is -0.0618. The van der Waals surface area contributed by atoms with Crippen LogP contribution in [0.5, 0.6) is 0 Å². The van der Waals surface area contributed by atoms with Crippen LogP contribution in [0.4, 0.5) is 0 Å². The summed E-state index contributed by atoms with van der Waals surface area (Å²) in [7, 11) is 0. The van der Waals surface area contributed by atoms with Gasteiger partial charge >= 0.3 is 0 Å². The summed E-state index contributed by atoms with van der Waals surface area (Å²) in [5.41, 5.74) is 5.88. The third-order valence-corrected chi connectivity index (χ3v) is 3.76. The molecule has 0 spiro atoms. The summed E-state index contributed by atoms with van der Waals surface area (Å²) in [6, 6.07) is 9.86. The summed E-state index contributed by atoms with van der Waals surface area (Å²) < 4.78 is 0.945. The molecule has 0 saturated carbocycles. The maximum absolute atomic E-state index is 6.25. The number of halogens is 2. The molecular formula is C14H15BrClN3. The highest BCUT2D eigenvalue weighted by Gasteiger charge is 2.13. The molecule has 0 fully saturated rings. The SMILES string of the molecule is Cc1ccc(CC(NN)c2ccc(Br)cn2)c(Cl)c1. The number of rotatable bonds is 4. The molecule has 3 nitrogen and oxygen atoms in total. The van der Waals surface area contributed by atoms with Crippen molar-refractivity contribution < 1.29 is 0 Å². The van der Waals surface area contributed by atoms with Gasteiger partial charge in [0.05, 0.1) is 11.7 Å². The number of aryl methyl sites for hydroxylation is 1. The number of nitrogens with two attached hydrogens (primary N) is 1. The third-order valence-electron chi connectivity index (χ3n) is 2.94. The van der Waals surface area contributed by atoms with Crippen LogP contribution in [-0.2, 0) is 6.42 Å². The lowest BCUT2D eigenvalue weighted by Crippen LogP contribution is -2.30. The molecule has 1 unspecified atom stereocenters. The lowest BCUT2D eigenvalue weighted by molar-refractivity contribution is 0.538. The van der Waals surface area contributed by atoms with Crippen LogP contribution in [0.25, 0.3) is 0 Å². The number of aromatic nitrogens is 1. The van der Waals surface area contributed by atoms with Crippen molar-refractivity contribution >= 4 is 27.5 Å². The Morgan fingerprint density at radius 2 is 2.16 bits per heavy atom. The van der Waals surface area contributed by atoms with Crippen molar-refractivity contribution in [2.24, 2.45) is 5.84 Å². The second kappa shape index (κ2) is 6.48. The predicted molar refractivity (Wildman–Crippen MR) is 81.9 cm³/mol. The van der Waals surface area contributed by atoms with E-state index in [4.69, 9.17) is 17.4 Å². The van der Waals surface area contributed by atoms with Crippen molar-refractivity contribution in [1.29, 1.82) is 0 Å². The quantitative estimate of drug-likeness (QED) is 0.661. The van der Waals surface area contributed by atoms with Crippen LogP contribution in [0.2, 0.25) is 5.02 Å². The number of hydrogen-bond acceptors (Lipinski definition) is 3. The van der Waals surface area contributed by atoms with Gasteiger partial charge in [-0.3, -0.25) is 16.3 Å². The van der Waals surface area contributed by atoms with Gasteiger partial charge in [-0.2, -0.15) is 0 Å². The van der Waals surface area contributed by atoms with E-state index in [2.05, 4.69) is 26.3 Å². The summed E-state index contributed by atoms with van der Waals surface area (Å²) in [6.07, 6.45) is 2.46. The number of hydrogen-bond donors (Lipinski definition) is 2. The predicted octanol–water partition coefficient (Wildman–Crippen LogP) is 3.55. The first kappa shape index (κ1) is 14.5. The zero-order chi connectivity index (χ0) is 13.8. The molecule has 100 valence electrons. The molecule has 2 aromatic rings. The van der Waals surface area contributed by atoms with Gasteiger partial charge in [0.15, 0.2) is 0 Å². The van der Waals surface area contributed by atoms with Gasteiger partial charge in [0.25, 0.3) is 0 Å². The summed E-state index contributed by atoms with van der Waals surface area (Å²) in [5.74, 6) is 5.63. The number of benzene rings is 1. The Hall–Kier alpha value is -0.940. The van der Waals surface area contributed by atoms with Crippen molar-refractivity contribution in [3.05, 3.63) is 62.8 Å². The Labute approximate surface area is 126 Å². The number of nitrogens with zero attached hydrogens (tertiary/aromatic N) is 1. The summed E-state index contributed by atoms with van der Waals surface area (Å²) in [6.45, 7) is 2.02. The van der Waals surface area contributed by atoms with E-state index in [-0.39, 0.29) is 6.04 Å². The van der Waals surface area contributed by atoms with E-state index in [1.165, 1.54) is 0 Å². The van der Waals surface area contributed by atoms with Gasteiger partial charge in [0, 0.05) is 15.7 Å². The van der Waals surface area contributed by atoms with Crippen LogP contribution in [0, 0.1) is 6.92 Å². The first-order valence-electron chi connectivity index (χ1n) is 5.92. The number of nitrogens with one attached hydrogen (secondary N) is 1. The van der Waals surface area contributed by atoms with E-state index in [0.717, 1.165) is 26.3 Å².